The second-order valence-corrected chi connectivity index (χ2v) is 6.32. The molecule has 3 N–H and O–H groups in total. The molecule has 0 radical (unpaired) electrons. The number of ether oxygens (including phenoxy) is 1. The van der Waals surface area contributed by atoms with E-state index in [-0.39, 0.29) is 22.6 Å². The Morgan fingerprint density at radius 3 is 2.53 bits per heavy atom. The minimum atomic E-state index is -4.50. The molecule has 3 aromatic rings. The van der Waals surface area contributed by atoms with Gasteiger partial charge in [0.05, 0.1) is 17.7 Å². The van der Waals surface area contributed by atoms with Crippen molar-refractivity contribution in [1.82, 2.24) is 0 Å². The fourth-order valence-corrected chi connectivity index (χ4v) is 2.88. The molecule has 0 saturated carbocycles. The SMILES string of the molecule is COc1ccc(NC(=O)/C=C/c2ccc(-c3ccccc3C(F)(F)F)o2)cc1Cl.O. The lowest BCUT2D eigenvalue weighted by Crippen LogP contribution is -2.07. The van der Waals surface area contributed by atoms with Gasteiger partial charge in [-0.25, -0.2) is 0 Å². The molecule has 0 atom stereocenters. The normalized spacial score (nSPS) is 11.2. The second kappa shape index (κ2) is 9.51. The monoisotopic (exact) mass is 439 g/mol. The Labute approximate surface area is 175 Å². The molecule has 1 aromatic heterocycles. The average Bonchev–Trinajstić information content (AvgIpc) is 3.15. The second-order valence-electron chi connectivity index (χ2n) is 5.92. The summed E-state index contributed by atoms with van der Waals surface area (Å²) in [6, 6.07) is 12.8. The van der Waals surface area contributed by atoms with Crippen LogP contribution < -0.4 is 10.1 Å². The first-order valence-electron chi connectivity index (χ1n) is 8.37. The van der Waals surface area contributed by atoms with E-state index in [1.165, 1.54) is 55.7 Å². The summed E-state index contributed by atoms with van der Waals surface area (Å²) >= 11 is 6.00. The quantitative estimate of drug-likeness (QED) is 0.536. The maximum Gasteiger partial charge on any atom is 0.417 e. The predicted octanol–water partition coefficient (Wildman–Crippen LogP) is 5.45. The van der Waals surface area contributed by atoms with Crippen LogP contribution in [0.25, 0.3) is 17.4 Å². The lowest BCUT2D eigenvalue weighted by Gasteiger charge is -2.10. The van der Waals surface area contributed by atoms with Crippen molar-refractivity contribution in [3.05, 3.63) is 77.0 Å². The maximum absolute atomic E-state index is 13.2. The van der Waals surface area contributed by atoms with E-state index in [4.69, 9.17) is 20.8 Å². The number of methoxy groups -OCH3 is 1. The zero-order chi connectivity index (χ0) is 21.0. The van der Waals surface area contributed by atoms with Gasteiger partial charge in [0.25, 0.3) is 0 Å². The van der Waals surface area contributed by atoms with Gasteiger partial charge in [-0.2, -0.15) is 13.2 Å². The lowest BCUT2D eigenvalue weighted by molar-refractivity contribution is -0.137. The van der Waals surface area contributed by atoms with Gasteiger partial charge in [0.15, 0.2) is 0 Å². The Morgan fingerprint density at radius 2 is 1.87 bits per heavy atom. The van der Waals surface area contributed by atoms with Gasteiger partial charge in [-0.1, -0.05) is 29.8 Å². The number of halogens is 4. The highest BCUT2D eigenvalue weighted by atomic mass is 35.5. The van der Waals surface area contributed by atoms with E-state index in [9.17, 15) is 18.0 Å². The van der Waals surface area contributed by atoms with Crippen LogP contribution in [0.4, 0.5) is 18.9 Å². The molecule has 3 rings (SSSR count). The van der Waals surface area contributed by atoms with E-state index in [1.807, 2.05) is 0 Å². The van der Waals surface area contributed by atoms with Crippen LogP contribution in [0, 0.1) is 0 Å². The Balaban J connectivity index is 0.00000320. The van der Waals surface area contributed by atoms with Crippen LogP contribution in [0.15, 0.2) is 65.1 Å². The van der Waals surface area contributed by atoms with Crippen LogP contribution in [0.3, 0.4) is 0 Å². The van der Waals surface area contributed by atoms with Crippen molar-refractivity contribution in [2.24, 2.45) is 0 Å². The molecular formula is C21H17ClF3NO4. The highest BCUT2D eigenvalue weighted by molar-refractivity contribution is 6.32. The summed E-state index contributed by atoms with van der Waals surface area (Å²) in [5.41, 5.74) is -0.402. The number of hydrogen-bond donors (Lipinski definition) is 1. The smallest absolute Gasteiger partial charge is 0.417 e. The Bertz CT molecular complexity index is 1060. The molecule has 0 unspecified atom stereocenters. The summed E-state index contributed by atoms with van der Waals surface area (Å²) in [7, 11) is 1.48. The highest BCUT2D eigenvalue weighted by Gasteiger charge is 2.34. The lowest BCUT2D eigenvalue weighted by atomic mass is 10.1. The van der Waals surface area contributed by atoms with Crippen LogP contribution in [-0.2, 0) is 11.0 Å². The molecule has 5 nitrogen and oxygen atoms in total. The number of furan rings is 1. The molecule has 0 spiro atoms. The Morgan fingerprint density at radius 1 is 1.13 bits per heavy atom. The van der Waals surface area contributed by atoms with Crippen molar-refractivity contribution >= 4 is 29.3 Å². The number of carbonyl (C=O) groups excluding carboxylic acids is 1. The zero-order valence-corrected chi connectivity index (χ0v) is 16.3. The van der Waals surface area contributed by atoms with Crippen LogP contribution >= 0.6 is 11.6 Å². The van der Waals surface area contributed by atoms with Gasteiger partial charge in [0.1, 0.15) is 17.3 Å². The zero-order valence-electron chi connectivity index (χ0n) is 15.6. The molecule has 0 aliphatic carbocycles. The van der Waals surface area contributed by atoms with E-state index in [1.54, 1.807) is 12.1 Å². The van der Waals surface area contributed by atoms with Crippen molar-refractivity contribution in [1.29, 1.82) is 0 Å². The largest absolute Gasteiger partial charge is 0.495 e. The van der Waals surface area contributed by atoms with E-state index in [0.717, 1.165) is 6.07 Å². The maximum atomic E-state index is 13.2. The van der Waals surface area contributed by atoms with Gasteiger partial charge in [-0.3, -0.25) is 4.79 Å². The predicted molar refractivity (Wildman–Crippen MR) is 108 cm³/mol. The van der Waals surface area contributed by atoms with E-state index >= 15 is 0 Å². The first kappa shape index (κ1) is 23.1. The summed E-state index contributed by atoms with van der Waals surface area (Å²) in [5, 5.41) is 2.96. The van der Waals surface area contributed by atoms with Crippen LogP contribution in [0.5, 0.6) is 5.75 Å². The average molecular weight is 440 g/mol. The third-order valence-corrected chi connectivity index (χ3v) is 4.24. The molecule has 30 heavy (non-hydrogen) atoms. The Kier molecular flexibility index (Phi) is 7.31. The summed E-state index contributed by atoms with van der Waals surface area (Å²) in [5.74, 6) is 0.308. The van der Waals surface area contributed by atoms with Crippen LogP contribution in [0.1, 0.15) is 11.3 Å². The van der Waals surface area contributed by atoms with E-state index in [0.29, 0.717) is 16.5 Å². The molecule has 9 heteroatoms. The summed E-state index contributed by atoms with van der Waals surface area (Å²) in [6.07, 6.45) is -1.94. The molecule has 0 bridgehead atoms. The van der Waals surface area contributed by atoms with Crippen molar-refractivity contribution in [3.63, 3.8) is 0 Å². The number of carbonyl (C=O) groups is 1. The van der Waals surface area contributed by atoms with Crippen molar-refractivity contribution in [3.8, 4) is 17.1 Å². The van der Waals surface area contributed by atoms with Crippen molar-refractivity contribution < 1.29 is 32.6 Å². The number of hydrogen-bond acceptors (Lipinski definition) is 3. The molecule has 1 amide bonds. The van der Waals surface area contributed by atoms with Crippen molar-refractivity contribution in [2.75, 3.05) is 12.4 Å². The summed E-state index contributed by atoms with van der Waals surface area (Å²) < 4.78 is 49.9. The van der Waals surface area contributed by atoms with Crippen LogP contribution in [0.2, 0.25) is 5.02 Å². The first-order valence-corrected chi connectivity index (χ1v) is 8.75. The first-order chi connectivity index (χ1) is 13.8. The molecular weight excluding hydrogens is 423 g/mol. The fraction of sp³-hybridized carbons (Fsp3) is 0.0952. The molecule has 0 saturated heterocycles. The van der Waals surface area contributed by atoms with Gasteiger partial charge in [0.2, 0.25) is 5.91 Å². The number of nitrogens with one attached hydrogen (secondary N) is 1. The van der Waals surface area contributed by atoms with Crippen LogP contribution in [-0.4, -0.2) is 18.5 Å². The molecule has 158 valence electrons. The Hall–Kier alpha value is -3.23. The number of benzene rings is 2. The van der Waals surface area contributed by atoms with Crippen molar-refractivity contribution in [2.45, 2.75) is 6.18 Å². The van der Waals surface area contributed by atoms with E-state index in [2.05, 4.69) is 5.32 Å². The number of anilines is 1. The standard InChI is InChI=1S/C21H15ClF3NO3.H2O/c1-28-19-9-6-13(12-17(19)22)26-20(27)11-8-14-7-10-18(29-14)15-4-2-3-5-16(15)21(23,24)25;/h2-12H,1H3,(H,26,27);1H2/b11-8+;. The minimum Gasteiger partial charge on any atom is -0.495 e. The van der Waals surface area contributed by atoms with Gasteiger partial charge in [0, 0.05) is 17.3 Å². The molecule has 1 heterocycles. The minimum absolute atomic E-state index is 0. The third-order valence-electron chi connectivity index (χ3n) is 3.94. The van der Waals surface area contributed by atoms with Gasteiger partial charge < -0.3 is 19.9 Å². The molecule has 2 aromatic carbocycles. The van der Waals surface area contributed by atoms with Gasteiger partial charge in [-0.15, -0.1) is 0 Å². The summed E-state index contributed by atoms with van der Waals surface area (Å²) in [4.78, 5) is 12.1. The number of alkyl halides is 3. The number of amides is 1. The molecule has 0 aliphatic rings. The topological polar surface area (TPSA) is 83.0 Å². The summed E-state index contributed by atoms with van der Waals surface area (Å²) in [6.45, 7) is 0. The van der Waals surface area contributed by atoms with Gasteiger partial charge in [-0.05, 0) is 42.5 Å². The molecule has 0 fully saturated rings. The molecule has 0 aliphatic heterocycles. The fourth-order valence-electron chi connectivity index (χ4n) is 2.62. The highest BCUT2D eigenvalue weighted by Crippen LogP contribution is 2.37. The third kappa shape index (κ3) is 5.43. The van der Waals surface area contributed by atoms with E-state index < -0.39 is 17.6 Å². The van der Waals surface area contributed by atoms with Gasteiger partial charge >= 0.3 is 6.18 Å². The number of rotatable bonds is 5.